The summed E-state index contributed by atoms with van der Waals surface area (Å²) < 4.78 is 0. The fraction of sp³-hybridized carbons (Fsp3) is 0. The van der Waals surface area contributed by atoms with Crippen LogP contribution in [0.15, 0.2) is 146 Å². The summed E-state index contributed by atoms with van der Waals surface area (Å²) in [6.07, 6.45) is 6.67. The Bertz CT molecular complexity index is 1830. The summed E-state index contributed by atoms with van der Waals surface area (Å²) in [6, 6.07) is 36.5. The summed E-state index contributed by atoms with van der Waals surface area (Å²) in [7, 11) is 0. The number of phenolic OH excluding ortho intramolecular Hbond substituents is 4. The highest BCUT2D eigenvalue weighted by Crippen LogP contribution is 2.23. The number of hydrogen-bond acceptors (Lipinski definition) is 8. The van der Waals surface area contributed by atoms with Gasteiger partial charge in [-0.3, -0.25) is 19.9 Å². The molecule has 4 heterocycles. The Kier molecular flexibility index (Phi) is 10.9. The zero-order valence-electron chi connectivity index (χ0n) is 23.9. The number of benzene rings is 4. The zero-order valence-corrected chi connectivity index (χ0v) is 24.9. The minimum absolute atomic E-state index is 0. The van der Waals surface area contributed by atoms with Gasteiger partial charge in [0.1, 0.15) is 45.1 Å². The largest absolute Gasteiger partial charge is 0.506 e. The van der Waals surface area contributed by atoms with E-state index in [-0.39, 0.29) is 34.0 Å². The molecule has 4 aromatic heterocycles. The van der Waals surface area contributed by atoms with Crippen molar-refractivity contribution in [2.24, 2.45) is 0 Å². The van der Waals surface area contributed by atoms with Gasteiger partial charge in [0, 0.05) is 57.3 Å². The first-order valence-corrected chi connectivity index (χ1v) is 13.6. The number of aromatic nitrogens is 4. The maximum absolute atomic E-state index is 9.31. The molecule has 0 atom stereocenters. The van der Waals surface area contributed by atoms with Gasteiger partial charge in [-0.2, -0.15) is 0 Å². The molecule has 0 saturated carbocycles. The van der Waals surface area contributed by atoms with E-state index in [9.17, 15) is 20.4 Å². The van der Waals surface area contributed by atoms with Gasteiger partial charge in [-0.1, -0.05) is 72.8 Å². The van der Waals surface area contributed by atoms with Crippen molar-refractivity contribution < 1.29 is 20.4 Å². The Morgan fingerprint density at radius 3 is 0.689 bits per heavy atom. The van der Waals surface area contributed by atoms with Crippen molar-refractivity contribution >= 4 is 54.6 Å². The van der Waals surface area contributed by atoms with Crippen LogP contribution in [0.25, 0.3) is 43.6 Å². The minimum Gasteiger partial charge on any atom is -0.506 e. The van der Waals surface area contributed by atoms with E-state index in [4.69, 9.17) is 0 Å². The number of para-hydroxylation sites is 4. The van der Waals surface area contributed by atoms with Gasteiger partial charge < -0.3 is 20.4 Å². The Balaban J connectivity index is 0.000000136. The molecule has 8 nitrogen and oxygen atoms in total. The van der Waals surface area contributed by atoms with Crippen molar-refractivity contribution in [1.82, 2.24) is 19.9 Å². The molecule has 0 aliphatic heterocycles. The lowest BCUT2D eigenvalue weighted by Gasteiger charge is -1.96. The van der Waals surface area contributed by atoms with Crippen LogP contribution in [-0.4, -0.2) is 51.3 Å². The molecule has 4 aromatic carbocycles. The first-order chi connectivity index (χ1) is 21.5. The zero-order chi connectivity index (χ0) is 30.7. The maximum Gasteiger partial charge on any atom is 0.141 e. The number of phenols is 4. The van der Waals surface area contributed by atoms with Gasteiger partial charge in [-0.15, -0.1) is 0 Å². The van der Waals surface area contributed by atoms with Crippen molar-refractivity contribution in [2.45, 2.75) is 0 Å². The van der Waals surface area contributed by atoms with E-state index in [1.807, 2.05) is 72.8 Å². The first-order valence-electron chi connectivity index (χ1n) is 13.6. The summed E-state index contributed by atoms with van der Waals surface area (Å²) in [6.45, 7) is 0. The summed E-state index contributed by atoms with van der Waals surface area (Å²) in [4.78, 5) is 16.1. The van der Waals surface area contributed by atoms with Crippen LogP contribution in [0, 0.1) is 0 Å². The molecule has 8 rings (SSSR count). The quantitative estimate of drug-likeness (QED) is 0.131. The molecular weight excluding hydrogens is 581 g/mol. The van der Waals surface area contributed by atoms with Crippen molar-refractivity contribution in [3.05, 3.63) is 146 Å². The van der Waals surface area contributed by atoms with E-state index in [2.05, 4.69) is 19.9 Å². The van der Waals surface area contributed by atoms with Gasteiger partial charge in [-0.25, -0.2) is 0 Å². The summed E-state index contributed by atoms with van der Waals surface area (Å²) >= 11 is 0. The molecule has 0 unspecified atom stereocenters. The lowest BCUT2D eigenvalue weighted by atomic mass is 10.2. The third-order valence-corrected chi connectivity index (χ3v) is 6.45. The van der Waals surface area contributed by atoms with Crippen LogP contribution in [0.2, 0.25) is 0 Å². The van der Waals surface area contributed by atoms with E-state index < -0.39 is 0 Å². The van der Waals surface area contributed by atoms with E-state index in [1.54, 1.807) is 73.3 Å². The lowest BCUT2D eigenvalue weighted by Crippen LogP contribution is -1.76. The molecule has 0 aliphatic carbocycles. The highest BCUT2D eigenvalue weighted by atomic mass is 28.1. The van der Waals surface area contributed by atoms with Crippen molar-refractivity contribution in [3.8, 4) is 23.0 Å². The van der Waals surface area contributed by atoms with Gasteiger partial charge >= 0.3 is 0 Å². The van der Waals surface area contributed by atoms with E-state index in [0.717, 1.165) is 21.5 Å². The van der Waals surface area contributed by atoms with Crippen LogP contribution in [0.4, 0.5) is 0 Å². The Labute approximate surface area is 263 Å². The highest BCUT2D eigenvalue weighted by Gasteiger charge is 1.99. The molecule has 220 valence electrons. The Morgan fingerprint density at radius 2 is 0.489 bits per heavy atom. The summed E-state index contributed by atoms with van der Waals surface area (Å²) in [5.74, 6) is 0.956. The number of hydrogen-bond donors (Lipinski definition) is 4. The maximum atomic E-state index is 9.31. The molecule has 0 amide bonds. The minimum atomic E-state index is 0. The molecule has 4 N–H and O–H groups in total. The smallest absolute Gasteiger partial charge is 0.141 e. The van der Waals surface area contributed by atoms with Crippen LogP contribution in [-0.2, 0) is 0 Å². The van der Waals surface area contributed by atoms with Gasteiger partial charge in [0.25, 0.3) is 0 Å². The second-order valence-electron chi connectivity index (χ2n) is 9.41. The lowest BCUT2D eigenvalue weighted by molar-refractivity contribution is 0.480. The molecule has 8 aromatic rings. The molecule has 45 heavy (non-hydrogen) atoms. The fourth-order valence-corrected chi connectivity index (χ4v) is 4.35. The molecule has 0 aliphatic rings. The normalized spacial score (nSPS) is 9.96. The molecule has 0 saturated heterocycles. The van der Waals surface area contributed by atoms with Crippen LogP contribution >= 0.6 is 0 Å². The Hall–Kier alpha value is -6.06. The molecule has 4 radical (unpaired) electrons. The second-order valence-corrected chi connectivity index (χ2v) is 9.41. The first kappa shape index (κ1) is 31.9. The van der Waals surface area contributed by atoms with Crippen molar-refractivity contribution in [1.29, 1.82) is 0 Å². The average Bonchev–Trinajstić information content (AvgIpc) is 3.07. The molecule has 9 heteroatoms. The molecular formula is C36H28N4O4Si. The average molecular weight is 609 g/mol. The second kappa shape index (κ2) is 15.4. The third-order valence-electron chi connectivity index (χ3n) is 6.45. The Morgan fingerprint density at radius 1 is 0.289 bits per heavy atom. The van der Waals surface area contributed by atoms with Crippen LogP contribution in [0.3, 0.4) is 0 Å². The van der Waals surface area contributed by atoms with E-state index in [0.29, 0.717) is 22.1 Å². The monoisotopic (exact) mass is 608 g/mol. The fourth-order valence-electron chi connectivity index (χ4n) is 4.35. The highest BCUT2D eigenvalue weighted by molar-refractivity contribution is 5.85. The van der Waals surface area contributed by atoms with Gasteiger partial charge in [0.15, 0.2) is 0 Å². The van der Waals surface area contributed by atoms with Crippen LogP contribution in [0.5, 0.6) is 23.0 Å². The standard InChI is InChI=1S/4C9H7NO.Si/c4*11-8-5-1-3-7-4-2-6-10-9(7)8;/h4*1-6,11H;. The van der Waals surface area contributed by atoms with Gasteiger partial charge in [0.2, 0.25) is 0 Å². The number of rotatable bonds is 0. The van der Waals surface area contributed by atoms with E-state index >= 15 is 0 Å². The van der Waals surface area contributed by atoms with E-state index in [1.165, 1.54) is 0 Å². The summed E-state index contributed by atoms with van der Waals surface area (Å²) in [5.41, 5.74) is 2.65. The number of aromatic hydroxyl groups is 4. The topological polar surface area (TPSA) is 132 Å². The number of fused-ring (bicyclic) bond motifs is 4. The predicted octanol–water partition coefficient (Wildman–Crippen LogP) is 7.38. The van der Waals surface area contributed by atoms with Crippen LogP contribution < -0.4 is 0 Å². The SMILES string of the molecule is Oc1cccc2cccnc12.Oc1cccc2cccnc12.Oc1cccc2cccnc12.Oc1cccc2cccnc12.[Si]. The molecule has 0 spiro atoms. The van der Waals surface area contributed by atoms with Gasteiger partial charge in [0.05, 0.1) is 0 Å². The van der Waals surface area contributed by atoms with Crippen LogP contribution in [0.1, 0.15) is 0 Å². The molecule has 0 fully saturated rings. The third kappa shape index (κ3) is 8.07. The van der Waals surface area contributed by atoms with Gasteiger partial charge in [-0.05, 0) is 48.5 Å². The van der Waals surface area contributed by atoms with Crippen molar-refractivity contribution in [2.75, 3.05) is 0 Å². The summed E-state index contributed by atoms with van der Waals surface area (Å²) in [5, 5.41) is 41.1. The number of nitrogens with zero attached hydrogens (tertiary/aromatic N) is 4. The predicted molar refractivity (Wildman–Crippen MR) is 179 cm³/mol. The number of pyridine rings is 4. The van der Waals surface area contributed by atoms with Crippen molar-refractivity contribution in [3.63, 3.8) is 0 Å². The molecule has 0 bridgehead atoms.